The van der Waals surface area contributed by atoms with Crippen LogP contribution in [0.4, 0.5) is 5.13 Å². The van der Waals surface area contributed by atoms with Crippen LogP contribution in [0.3, 0.4) is 0 Å². The Morgan fingerprint density at radius 2 is 2.04 bits per heavy atom. The van der Waals surface area contributed by atoms with E-state index < -0.39 is 6.10 Å². The van der Waals surface area contributed by atoms with E-state index in [1.807, 2.05) is 30.5 Å². The lowest BCUT2D eigenvalue weighted by atomic mass is 10.1. The van der Waals surface area contributed by atoms with Crippen molar-refractivity contribution in [3.63, 3.8) is 0 Å². The van der Waals surface area contributed by atoms with E-state index in [0.717, 1.165) is 22.6 Å². The number of para-hydroxylation sites is 1. The second kappa shape index (κ2) is 6.69. The molecule has 4 rings (SSSR count). The lowest BCUT2D eigenvalue weighted by Crippen LogP contribution is -2.31. The van der Waals surface area contributed by atoms with E-state index in [1.54, 1.807) is 0 Å². The van der Waals surface area contributed by atoms with Gasteiger partial charge in [-0.3, -0.25) is 10.1 Å². The van der Waals surface area contributed by atoms with E-state index in [1.165, 1.54) is 22.5 Å². The van der Waals surface area contributed by atoms with Gasteiger partial charge >= 0.3 is 0 Å². The van der Waals surface area contributed by atoms with Gasteiger partial charge in [0.1, 0.15) is 5.75 Å². The predicted molar refractivity (Wildman–Crippen MR) is 99.3 cm³/mol. The molecular formula is C20H18N2O2S. The van der Waals surface area contributed by atoms with E-state index >= 15 is 0 Å². The van der Waals surface area contributed by atoms with Crippen LogP contribution >= 0.6 is 11.3 Å². The van der Waals surface area contributed by atoms with Crippen molar-refractivity contribution >= 4 is 22.4 Å². The SMILES string of the molecule is Cc1ccc(Cc2cnc(NC(=O)[C@H]3Cc4ccccc4O3)s2)cc1. The molecule has 2 heterocycles. The largest absolute Gasteiger partial charge is 0.480 e. The van der Waals surface area contributed by atoms with Crippen LogP contribution in [0.15, 0.2) is 54.7 Å². The van der Waals surface area contributed by atoms with Crippen LogP contribution in [-0.4, -0.2) is 17.0 Å². The van der Waals surface area contributed by atoms with Gasteiger partial charge in [0.2, 0.25) is 0 Å². The van der Waals surface area contributed by atoms with E-state index in [4.69, 9.17) is 4.74 Å². The molecule has 5 heteroatoms. The molecule has 0 saturated heterocycles. The molecule has 1 amide bonds. The first kappa shape index (κ1) is 15.8. The molecule has 0 saturated carbocycles. The molecule has 1 atom stereocenters. The maximum absolute atomic E-state index is 12.4. The maximum atomic E-state index is 12.4. The number of rotatable bonds is 4. The number of benzene rings is 2. The van der Waals surface area contributed by atoms with Gasteiger partial charge in [0.25, 0.3) is 5.91 Å². The Kier molecular flexibility index (Phi) is 4.24. The average Bonchev–Trinajstić information content (AvgIpc) is 3.23. The first-order valence-corrected chi connectivity index (χ1v) is 9.05. The summed E-state index contributed by atoms with van der Waals surface area (Å²) in [6.07, 6.45) is 2.76. The molecule has 0 aliphatic carbocycles. The zero-order chi connectivity index (χ0) is 17.2. The third kappa shape index (κ3) is 3.56. The van der Waals surface area contributed by atoms with Gasteiger partial charge in [0, 0.05) is 23.9 Å². The second-order valence-corrected chi connectivity index (χ2v) is 7.32. The third-order valence-electron chi connectivity index (χ3n) is 4.22. The highest BCUT2D eigenvalue weighted by molar-refractivity contribution is 7.15. The van der Waals surface area contributed by atoms with Gasteiger partial charge in [0.05, 0.1) is 0 Å². The van der Waals surface area contributed by atoms with Crippen LogP contribution in [-0.2, 0) is 17.6 Å². The lowest BCUT2D eigenvalue weighted by molar-refractivity contribution is -0.122. The lowest BCUT2D eigenvalue weighted by Gasteiger charge is -2.09. The van der Waals surface area contributed by atoms with Crippen LogP contribution in [0.1, 0.15) is 21.6 Å². The van der Waals surface area contributed by atoms with E-state index in [2.05, 4.69) is 41.5 Å². The molecule has 1 aliphatic heterocycles. The molecule has 0 spiro atoms. The summed E-state index contributed by atoms with van der Waals surface area (Å²) in [6.45, 7) is 2.08. The maximum Gasteiger partial charge on any atom is 0.267 e. The number of hydrogen-bond acceptors (Lipinski definition) is 4. The summed E-state index contributed by atoms with van der Waals surface area (Å²) in [6, 6.07) is 16.2. The summed E-state index contributed by atoms with van der Waals surface area (Å²) in [5.74, 6) is 0.647. The fourth-order valence-corrected chi connectivity index (χ4v) is 3.72. The van der Waals surface area contributed by atoms with Gasteiger partial charge in [-0.25, -0.2) is 4.98 Å². The molecule has 2 aromatic carbocycles. The molecule has 4 nitrogen and oxygen atoms in total. The number of thiazole rings is 1. The fourth-order valence-electron chi connectivity index (χ4n) is 2.87. The Hall–Kier alpha value is -2.66. The summed E-state index contributed by atoms with van der Waals surface area (Å²) in [4.78, 5) is 17.9. The minimum absolute atomic E-state index is 0.146. The van der Waals surface area contributed by atoms with Gasteiger partial charge in [-0.1, -0.05) is 48.0 Å². The predicted octanol–water partition coefficient (Wildman–Crippen LogP) is 3.98. The molecule has 3 aromatic rings. The van der Waals surface area contributed by atoms with Crippen molar-refractivity contribution < 1.29 is 9.53 Å². The number of fused-ring (bicyclic) bond motifs is 1. The molecular weight excluding hydrogens is 332 g/mol. The zero-order valence-electron chi connectivity index (χ0n) is 13.9. The number of hydrogen-bond donors (Lipinski definition) is 1. The minimum Gasteiger partial charge on any atom is -0.480 e. The summed E-state index contributed by atoms with van der Waals surface area (Å²) >= 11 is 1.50. The Labute approximate surface area is 150 Å². The van der Waals surface area contributed by atoms with Crippen LogP contribution in [0.25, 0.3) is 0 Å². The molecule has 1 N–H and O–H groups in total. The number of aryl methyl sites for hydroxylation is 1. The summed E-state index contributed by atoms with van der Waals surface area (Å²) < 4.78 is 5.72. The quantitative estimate of drug-likeness (QED) is 0.774. The summed E-state index contributed by atoms with van der Waals surface area (Å²) in [5, 5.41) is 3.49. The number of aromatic nitrogens is 1. The zero-order valence-corrected chi connectivity index (χ0v) is 14.7. The molecule has 1 aromatic heterocycles. The van der Waals surface area contributed by atoms with Crippen molar-refractivity contribution in [2.75, 3.05) is 5.32 Å². The normalized spacial score (nSPS) is 15.5. The third-order valence-corrected chi connectivity index (χ3v) is 5.13. The van der Waals surface area contributed by atoms with Gasteiger partial charge < -0.3 is 4.74 Å². The Balaban J connectivity index is 1.38. The number of anilines is 1. The molecule has 126 valence electrons. The smallest absolute Gasteiger partial charge is 0.267 e. The van der Waals surface area contributed by atoms with Crippen molar-refractivity contribution in [3.05, 3.63) is 76.3 Å². The molecule has 0 fully saturated rings. The molecule has 1 aliphatic rings. The van der Waals surface area contributed by atoms with Gasteiger partial charge in [-0.05, 0) is 24.1 Å². The van der Waals surface area contributed by atoms with Gasteiger partial charge in [0.15, 0.2) is 11.2 Å². The Morgan fingerprint density at radius 3 is 2.84 bits per heavy atom. The van der Waals surface area contributed by atoms with Crippen molar-refractivity contribution in [1.82, 2.24) is 4.98 Å². The summed E-state index contributed by atoms with van der Waals surface area (Å²) in [5.41, 5.74) is 3.56. The number of carbonyl (C=O) groups is 1. The minimum atomic E-state index is -0.484. The Morgan fingerprint density at radius 1 is 1.24 bits per heavy atom. The highest BCUT2D eigenvalue weighted by Crippen LogP contribution is 2.29. The number of nitrogens with zero attached hydrogens (tertiary/aromatic N) is 1. The average molecular weight is 350 g/mol. The van der Waals surface area contributed by atoms with Crippen molar-refractivity contribution in [3.8, 4) is 5.75 Å². The van der Waals surface area contributed by atoms with Crippen molar-refractivity contribution in [1.29, 1.82) is 0 Å². The number of nitrogens with one attached hydrogen (secondary N) is 1. The van der Waals surface area contributed by atoms with Crippen molar-refractivity contribution in [2.45, 2.75) is 25.9 Å². The van der Waals surface area contributed by atoms with Gasteiger partial charge in [-0.2, -0.15) is 0 Å². The molecule has 25 heavy (non-hydrogen) atoms. The molecule has 0 radical (unpaired) electrons. The van der Waals surface area contributed by atoms with Gasteiger partial charge in [-0.15, -0.1) is 11.3 Å². The number of carbonyl (C=O) groups excluding carboxylic acids is 1. The van der Waals surface area contributed by atoms with E-state index in [0.29, 0.717) is 11.6 Å². The van der Waals surface area contributed by atoms with Crippen LogP contribution in [0, 0.1) is 6.92 Å². The number of amides is 1. The second-order valence-electron chi connectivity index (χ2n) is 6.20. The highest BCUT2D eigenvalue weighted by Gasteiger charge is 2.29. The van der Waals surface area contributed by atoms with Crippen LogP contribution in [0.2, 0.25) is 0 Å². The van der Waals surface area contributed by atoms with Crippen molar-refractivity contribution in [2.24, 2.45) is 0 Å². The molecule has 0 unspecified atom stereocenters. The summed E-state index contributed by atoms with van der Waals surface area (Å²) in [7, 11) is 0. The molecule has 0 bridgehead atoms. The monoisotopic (exact) mass is 350 g/mol. The standard InChI is InChI=1S/C20H18N2O2S/c1-13-6-8-14(9-7-13)10-16-12-21-20(25-16)22-19(23)18-11-15-4-2-3-5-17(15)24-18/h2-9,12,18H,10-11H2,1H3,(H,21,22,23)/t18-/m1/s1. The van der Waals surface area contributed by atoms with E-state index in [-0.39, 0.29) is 5.91 Å². The van der Waals surface area contributed by atoms with Crippen LogP contribution in [0.5, 0.6) is 5.75 Å². The van der Waals surface area contributed by atoms with E-state index in [9.17, 15) is 4.79 Å². The topological polar surface area (TPSA) is 51.2 Å². The fraction of sp³-hybridized carbons (Fsp3) is 0.200. The Bertz CT molecular complexity index is 877. The highest BCUT2D eigenvalue weighted by atomic mass is 32.1. The van der Waals surface area contributed by atoms with Crippen LogP contribution < -0.4 is 10.1 Å². The number of ether oxygens (including phenoxy) is 1. The first-order chi connectivity index (χ1) is 12.2. The first-order valence-electron chi connectivity index (χ1n) is 8.23.